The van der Waals surface area contributed by atoms with Gasteiger partial charge in [-0.2, -0.15) is 0 Å². The molecule has 0 unspecified atom stereocenters. The normalized spacial score (nSPS) is 23.6. The fourth-order valence-corrected chi connectivity index (χ4v) is 3.61. The van der Waals surface area contributed by atoms with Crippen molar-refractivity contribution in [2.75, 3.05) is 44.2 Å². The summed E-state index contributed by atoms with van der Waals surface area (Å²) in [4.78, 5) is 5.07. The number of fused-ring (bicyclic) bond motifs is 1. The molecule has 110 valence electrons. The van der Waals surface area contributed by atoms with Gasteiger partial charge in [0, 0.05) is 38.5 Å². The number of benzene rings is 1. The number of hydrogen-bond donors (Lipinski definition) is 1. The van der Waals surface area contributed by atoms with Gasteiger partial charge in [0.25, 0.3) is 0 Å². The predicted octanol–water partition coefficient (Wildman–Crippen LogP) is 2.14. The summed E-state index contributed by atoms with van der Waals surface area (Å²) in [5.74, 6) is 0.498. The number of aliphatic hydroxyl groups is 1. The smallest absolute Gasteiger partial charge is 0.0471 e. The molecule has 1 fully saturated rings. The van der Waals surface area contributed by atoms with Gasteiger partial charge < -0.3 is 14.9 Å². The summed E-state index contributed by atoms with van der Waals surface area (Å²) in [6.45, 7) is 6.06. The molecule has 1 aromatic rings. The number of likely N-dealkylation sites (tertiary alicyclic amines) is 1. The molecule has 1 aromatic carbocycles. The Morgan fingerprint density at radius 3 is 2.90 bits per heavy atom. The number of anilines is 1. The summed E-state index contributed by atoms with van der Waals surface area (Å²) in [6, 6.07) is 8.84. The van der Waals surface area contributed by atoms with Crippen molar-refractivity contribution in [3.05, 3.63) is 29.8 Å². The SMILES string of the molecule is OC[C@@H]1CCCN(CCN2CCCc3ccccc32)C1. The van der Waals surface area contributed by atoms with Gasteiger partial charge in [-0.3, -0.25) is 0 Å². The van der Waals surface area contributed by atoms with Gasteiger partial charge in [-0.05, 0) is 49.8 Å². The largest absolute Gasteiger partial charge is 0.396 e. The molecule has 1 saturated heterocycles. The van der Waals surface area contributed by atoms with Crippen LogP contribution in [0.3, 0.4) is 0 Å². The van der Waals surface area contributed by atoms with E-state index in [1.165, 1.54) is 50.0 Å². The minimum Gasteiger partial charge on any atom is -0.396 e. The van der Waals surface area contributed by atoms with E-state index in [1.807, 2.05) is 0 Å². The lowest BCUT2D eigenvalue weighted by atomic mass is 9.99. The van der Waals surface area contributed by atoms with Crippen molar-refractivity contribution in [1.82, 2.24) is 4.90 Å². The van der Waals surface area contributed by atoms with Crippen LogP contribution >= 0.6 is 0 Å². The Labute approximate surface area is 122 Å². The molecule has 2 aliphatic rings. The zero-order chi connectivity index (χ0) is 13.8. The molecule has 2 aliphatic heterocycles. The summed E-state index contributed by atoms with van der Waals surface area (Å²) in [7, 11) is 0. The van der Waals surface area contributed by atoms with Crippen LogP contribution in [-0.4, -0.2) is 49.3 Å². The van der Waals surface area contributed by atoms with Crippen LogP contribution in [0.15, 0.2) is 24.3 Å². The van der Waals surface area contributed by atoms with E-state index >= 15 is 0 Å². The maximum absolute atomic E-state index is 9.32. The van der Waals surface area contributed by atoms with Gasteiger partial charge >= 0.3 is 0 Å². The van der Waals surface area contributed by atoms with E-state index in [2.05, 4.69) is 34.1 Å². The number of aliphatic hydroxyl groups excluding tert-OH is 1. The molecule has 0 bridgehead atoms. The highest BCUT2D eigenvalue weighted by Crippen LogP contribution is 2.26. The van der Waals surface area contributed by atoms with Gasteiger partial charge in [-0.25, -0.2) is 0 Å². The van der Waals surface area contributed by atoms with Crippen molar-refractivity contribution in [3.63, 3.8) is 0 Å². The Balaban J connectivity index is 1.56. The number of para-hydroxylation sites is 1. The zero-order valence-electron chi connectivity index (χ0n) is 12.3. The first-order valence-corrected chi connectivity index (χ1v) is 8.03. The molecular formula is C17H26N2O. The van der Waals surface area contributed by atoms with Gasteiger partial charge in [0.05, 0.1) is 0 Å². The molecule has 1 atom stereocenters. The van der Waals surface area contributed by atoms with Crippen molar-refractivity contribution in [2.24, 2.45) is 5.92 Å². The molecule has 0 aliphatic carbocycles. The van der Waals surface area contributed by atoms with Crippen LogP contribution in [-0.2, 0) is 6.42 Å². The Morgan fingerprint density at radius 1 is 1.10 bits per heavy atom. The number of aryl methyl sites for hydroxylation is 1. The van der Waals surface area contributed by atoms with Crippen molar-refractivity contribution < 1.29 is 5.11 Å². The molecule has 0 aromatic heterocycles. The zero-order valence-corrected chi connectivity index (χ0v) is 12.3. The maximum atomic E-state index is 9.32. The van der Waals surface area contributed by atoms with Crippen LogP contribution in [0.4, 0.5) is 5.69 Å². The molecule has 3 rings (SSSR count). The van der Waals surface area contributed by atoms with Gasteiger partial charge in [-0.1, -0.05) is 18.2 Å². The minimum atomic E-state index is 0.350. The molecule has 0 amide bonds. The fraction of sp³-hybridized carbons (Fsp3) is 0.647. The molecule has 0 radical (unpaired) electrons. The second-order valence-electron chi connectivity index (χ2n) is 6.21. The van der Waals surface area contributed by atoms with Crippen LogP contribution in [0.25, 0.3) is 0 Å². The number of rotatable bonds is 4. The molecule has 0 saturated carbocycles. The lowest BCUT2D eigenvalue weighted by Crippen LogP contribution is -2.42. The topological polar surface area (TPSA) is 26.7 Å². The molecule has 0 spiro atoms. The number of piperidine rings is 1. The average Bonchev–Trinajstić information content (AvgIpc) is 2.53. The van der Waals surface area contributed by atoms with E-state index in [0.717, 1.165) is 19.6 Å². The summed E-state index contributed by atoms with van der Waals surface area (Å²) < 4.78 is 0. The van der Waals surface area contributed by atoms with Gasteiger partial charge in [-0.15, -0.1) is 0 Å². The van der Waals surface area contributed by atoms with Crippen LogP contribution in [0.2, 0.25) is 0 Å². The monoisotopic (exact) mass is 274 g/mol. The second-order valence-corrected chi connectivity index (χ2v) is 6.21. The Morgan fingerprint density at radius 2 is 2.00 bits per heavy atom. The van der Waals surface area contributed by atoms with Crippen molar-refractivity contribution in [2.45, 2.75) is 25.7 Å². The fourth-order valence-electron chi connectivity index (χ4n) is 3.61. The Kier molecular flexibility index (Phi) is 4.58. The first-order chi connectivity index (χ1) is 9.86. The molecule has 20 heavy (non-hydrogen) atoms. The molecule has 3 nitrogen and oxygen atoms in total. The molecule has 1 N–H and O–H groups in total. The van der Waals surface area contributed by atoms with E-state index in [9.17, 15) is 5.11 Å². The van der Waals surface area contributed by atoms with Crippen LogP contribution in [0.5, 0.6) is 0 Å². The van der Waals surface area contributed by atoms with E-state index in [0.29, 0.717) is 12.5 Å². The number of hydrogen-bond acceptors (Lipinski definition) is 3. The quantitative estimate of drug-likeness (QED) is 0.911. The molecular weight excluding hydrogens is 248 g/mol. The van der Waals surface area contributed by atoms with E-state index < -0.39 is 0 Å². The van der Waals surface area contributed by atoms with Gasteiger partial charge in [0.1, 0.15) is 0 Å². The van der Waals surface area contributed by atoms with Gasteiger partial charge in [0.2, 0.25) is 0 Å². The second kappa shape index (κ2) is 6.59. The van der Waals surface area contributed by atoms with E-state index in [-0.39, 0.29) is 0 Å². The number of nitrogens with zero attached hydrogens (tertiary/aromatic N) is 2. The van der Waals surface area contributed by atoms with E-state index in [4.69, 9.17) is 0 Å². The first-order valence-electron chi connectivity index (χ1n) is 8.03. The maximum Gasteiger partial charge on any atom is 0.0471 e. The third kappa shape index (κ3) is 3.15. The Hall–Kier alpha value is -1.06. The van der Waals surface area contributed by atoms with Crippen molar-refractivity contribution in [1.29, 1.82) is 0 Å². The standard InChI is InChI=1S/C17H26N2O/c20-14-15-5-3-9-18(13-15)11-12-19-10-4-7-16-6-1-2-8-17(16)19/h1-2,6,8,15,20H,3-5,7,9-14H2/t15-/m1/s1. The highest BCUT2D eigenvalue weighted by molar-refractivity contribution is 5.55. The Bertz CT molecular complexity index is 435. The van der Waals surface area contributed by atoms with Crippen LogP contribution in [0, 0.1) is 5.92 Å². The molecule has 3 heteroatoms. The molecule has 2 heterocycles. The van der Waals surface area contributed by atoms with Gasteiger partial charge in [0.15, 0.2) is 0 Å². The lowest BCUT2D eigenvalue weighted by Gasteiger charge is -2.36. The highest BCUT2D eigenvalue weighted by Gasteiger charge is 2.21. The first kappa shape index (κ1) is 13.9. The van der Waals surface area contributed by atoms with Crippen LogP contribution < -0.4 is 4.90 Å². The summed E-state index contributed by atoms with van der Waals surface area (Å²) in [5, 5.41) is 9.32. The third-order valence-corrected chi connectivity index (χ3v) is 4.75. The van der Waals surface area contributed by atoms with Crippen LogP contribution in [0.1, 0.15) is 24.8 Å². The summed E-state index contributed by atoms with van der Waals surface area (Å²) in [6.07, 6.45) is 4.93. The highest BCUT2D eigenvalue weighted by atomic mass is 16.3. The average molecular weight is 274 g/mol. The van der Waals surface area contributed by atoms with Crippen molar-refractivity contribution >= 4 is 5.69 Å². The summed E-state index contributed by atoms with van der Waals surface area (Å²) >= 11 is 0. The van der Waals surface area contributed by atoms with E-state index in [1.54, 1.807) is 0 Å². The summed E-state index contributed by atoms with van der Waals surface area (Å²) in [5.41, 5.74) is 2.94. The lowest BCUT2D eigenvalue weighted by molar-refractivity contribution is 0.122. The third-order valence-electron chi connectivity index (χ3n) is 4.75. The predicted molar refractivity (Wildman–Crippen MR) is 83.2 cm³/mol. The minimum absolute atomic E-state index is 0.350. The van der Waals surface area contributed by atoms with Crippen molar-refractivity contribution in [3.8, 4) is 0 Å².